The van der Waals surface area contributed by atoms with Gasteiger partial charge >= 0.3 is 5.69 Å². The van der Waals surface area contributed by atoms with Crippen molar-refractivity contribution in [1.29, 1.82) is 0 Å². The van der Waals surface area contributed by atoms with Gasteiger partial charge in [0.1, 0.15) is 0 Å². The molecule has 24 heavy (non-hydrogen) atoms. The van der Waals surface area contributed by atoms with Crippen LogP contribution in [0.2, 0.25) is 0 Å². The number of nitrogens with zero attached hydrogens (tertiary/aromatic N) is 3. The molecular weight excluding hydrogens is 316 g/mol. The Morgan fingerprint density at radius 2 is 1.92 bits per heavy atom. The lowest BCUT2D eigenvalue weighted by Crippen LogP contribution is -2.01. The molecule has 0 radical (unpaired) electrons. The maximum atomic E-state index is 10.9. The van der Waals surface area contributed by atoms with E-state index in [-0.39, 0.29) is 11.5 Å². The minimum Gasteiger partial charge on any atom is -0.493 e. The third-order valence-corrected chi connectivity index (χ3v) is 3.09. The van der Waals surface area contributed by atoms with Crippen molar-refractivity contribution >= 4 is 17.7 Å². The van der Waals surface area contributed by atoms with Crippen molar-refractivity contribution in [2.45, 2.75) is 0 Å². The van der Waals surface area contributed by atoms with Crippen LogP contribution in [0.15, 0.2) is 35.6 Å². The van der Waals surface area contributed by atoms with Gasteiger partial charge in [-0.2, -0.15) is 5.10 Å². The van der Waals surface area contributed by atoms with E-state index in [1.807, 2.05) is 0 Å². The van der Waals surface area contributed by atoms with Crippen LogP contribution < -0.4 is 19.6 Å². The van der Waals surface area contributed by atoms with E-state index >= 15 is 0 Å². The van der Waals surface area contributed by atoms with Crippen molar-refractivity contribution in [1.82, 2.24) is 4.98 Å². The zero-order valence-corrected chi connectivity index (χ0v) is 13.3. The fourth-order valence-corrected chi connectivity index (χ4v) is 2.02. The Kier molecular flexibility index (Phi) is 5.50. The predicted octanol–water partition coefficient (Wildman–Crippen LogP) is 2.46. The largest absolute Gasteiger partial charge is 0.493 e. The Balaban J connectivity index is 2.29. The van der Waals surface area contributed by atoms with Gasteiger partial charge in [0.15, 0.2) is 11.5 Å². The molecule has 0 atom stereocenters. The molecule has 0 bridgehead atoms. The molecule has 0 amide bonds. The number of ether oxygens (including phenoxy) is 3. The predicted molar refractivity (Wildman–Crippen MR) is 88.2 cm³/mol. The highest BCUT2D eigenvalue weighted by atomic mass is 16.6. The summed E-state index contributed by atoms with van der Waals surface area (Å²) in [5, 5.41) is 14.9. The van der Waals surface area contributed by atoms with Crippen molar-refractivity contribution in [3.8, 4) is 17.2 Å². The molecule has 0 aliphatic rings. The molecule has 1 aromatic heterocycles. The molecule has 2 rings (SSSR count). The molecule has 0 spiro atoms. The highest BCUT2D eigenvalue weighted by molar-refractivity contribution is 5.86. The van der Waals surface area contributed by atoms with Crippen LogP contribution in [0.4, 0.5) is 11.5 Å². The fraction of sp³-hybridized carbons (Fsp3) is 0.200. The Morgan fingerprint density at radius 1 is 1.17 bits per heavy atom. The number of nitrogens with one attached hydrogen (secondary N) is 1. The summed E-state index contributed by atoms with van der Waals surface area (Å²) < 4.78 is 15.8. The number of benzene rings is 1. The smallest absolute Gasteiger partial charge is 0.313 e. The molecule has 9 heteroatoms. The maximum absolute atomic E-state index is 10.9. The van der Waals surface area contributed by atoms with E-state index in [2.05, 4.69) is 15.5 Å². The van der Waals surface area contributed by atoms with Gasteiger partial charge in [0.05, 0.1) is 32.5 Å². The monoisotopic (exact) mass is 332 g/mol. The molecule has 1 N–H and O–H groups in total. The second-order valence-corrected chi connectivity index (χ2v) is 4.42. The number of rotatable bonds is 7. The van der Waals surface area contributed by atoms with Gasteiger partial charge in [0, 0.05) is 17.8 Å². The zero-order chi connectivity index (χ0) is 17.5. The first-order valence-corrected chi connectivity index (χ1v) is 6.79. The Hall–Kier alpha value is -3.36. The average Bonchev–Trinajstić information content (AvgIpc) is 2.61. The van der Waals surface area contributed by atoms with Gasteiger partial charge in [-0.25, -0.2) is 4.98 Å². The van der Waals surface area contributed by atoms with Crippen molar-refractivity contribution in [3.05, 3.63) is 46.1 Å². The second kappa shape index (κ2) is 7.77. The van der Waals surface area contributed by atoms with Gasteiger partial charge in [0.2, 0.25) is 11.6 Å². The van der Waals surface area contributed by atoms with Gasteiger partial charge in [-0.1, -0.05) is 0 Å². The summed E-state index contributed by atoms with van der Waals surface area (Å²) >= 11 is 0. The number of hydrogen-bond acceptors (Lipinski definition) is 8. The average molecular weight is 332 g/mol. The first kappa shape index (κ1) is 17.0. The van der Waals surface area contributed by atoms with Crippen molar-refractivity contribution in [3.63, 3.8) is 0 Å². The highest BCUT2D eigenvalue weighted by Crippen LogP contribution is 2.39. The van der Waals surface area contributed by atoms with Crippen LogP contribution in [-0.2, 0) is 0 Å². The molecule has 0 aliphatic heterocycles. The molecule has 0 fully saturated rings. The number of anilines is 1. The van der Waals surface area contributed by atoms with E-state index in [0.717, 1.165) is 0 Å². The number of aromatic nitrogens is 1. The summed E-state index contributed by atoms with van der Waals surface area (Å²) in [7, 11) is 4.51. The molecule has 0 saturated heterocycles. The van der Waals surface area contributed by atoms with Crippen LogP contribution in [0, 0.1) is 10.1 Å². The van der Waals surface area contributed by atoms with Crippen LogP contribution in [0.1, 0.15) is 5.56 Å². The Morgan fingerprint density at radius 3 is 2.54 bits per heavy atom. The van der Waals surface area contributed by atoms with E-state index in [1.54, 1.807) is 12.1 Å². The van der Waals surface area contributed by atoms with Crippen LogP contribution in [0.25, 0.3) is 0 Å². The van der Waals surface area contributed by atoms with Crippen LogP contribution in [0.3, 0.4) is 0 Å². The number of methoxy groups -OCH3 is 3. The van der Waals surface area contributed by atoms with Crippen LogP contribution in [0.5, 0.6) is 17.2 Å². The second-order valence-electron chi connectivity index (χ2n) is 4.42. The molecule has 9 nitrogen and oxygen atoms in total. The van der Waals surface area contributed by atoms with Crippen molar-refractivity contribution < 1.29 is 19.1 Å². The molecule has 1 heterocycles. The number of nitro groups is 1. The summed E-state index contributed by atoms with van der Waals surface area (Å²) in [6, 6.07) is 6.23. The van der Waals surface area contributed by atoms with E-state index in [9.17, 15) is 10.1 Å². The molecular formula is C15H16N4O5. The summed E-state index contributed by atoms with van der Waals surface area (Å²) in [6.07, 6.45) is 2.88. The standard InChI is InChI=1S/C15H16N4O5/c1-22-12-7-6-10(13(23-2)14(12)24-3)9-17-18-15-11(19(20)21)5-4-8-16-15/h4-9H,1-3H3,(H,16,18)/b17-9-. The van der Waals surface area contributed by atoms with Gasteiger partial charge in [-0.15, -0.1) is 0 Å². The van der Waals surface area contributed by atoms with Crippen LogP contribution in [-0.4, -0.2) is 37.5 Å². The lowest BCUT2D eigenvalue weighted by atomic mass is 10.2. The van der Waals surface area contributed by atoms with Gasteiger partial charge in [0.25, 0.3) is 0 Å². The Labute approximate surface area is 138 Å². The molecule has 0 saturated carbocycles. The first-order valence-electron chi connectivity index (χ1n) is 6.79. The van der Waals surface area contributed by atoms with Gasteiger partial charge < -0.3 is 14.2 Å². The number of pyridine rings is 1. The summed E-state index contributed by atoms with van der Waals surface area (Å²) in [5.41, 5.74) is 2.98. The van der Waals surface area contributed by atoms with E-state index in [4.69, 9.17) is 14.2 Å². The SMILES string of the molecule is COc1ccc(/C=N\Nc2ncccc2[N+](=O)[O-])c(OC)c1OC. The van der Waals surface area contributed by atoms with Gasteiger partial charge in [-0.05, 0) is 18.2 Å². The first-order chi connectivity index (χ1) is 11.6. The molecule has 126 valence electrons. The highest BCUT2D eigenvalue weighted by Gasteiger charge is 2.15. The molecule has 0 unspecified atom stereocenters. The molecule has 1 aromatic carbocycles. The maximum Gasteiger partial charge on any atom is 0.313 e. The minimum atomic E-state index is -0.540. The number of hydrogen-bond donors (Lipinski definition) is 1. The minimum absolute atomic E-state index is 0.0400. The topological polar surface area (TPSA) is 108 Å². The van der Waals surface area contributed by atoms with Crippen molar-refractivity contribution in [2.75, 3.05) is 26.8 Å². The third-order valence-electron chi connectivity index (χ3n) is 3.09. The van der Waals surface area contributed by atoms with E-state index in [0.29, 0.717) is 22.8 Å². The lowest BCUT2D eigenvalue weighted by molar-refractivity contribution is -0.384. The Bertz CT molecular complexity index is 764. The van der Waals surface area contributed by atoms with E-state index < -0.39 is 4.92 Å². The quantitative estimate of drug-likeness (QED) is 0.471. The summed E-state index contributed by atoms with van der Waals surface area (Å²) in [6.45, 7) is 0. The third kappa shape index (κ3) is 3.51. The van der Waals surface area contributed by atoms with E-state index in [1.165, 1.54) is 45.9 Å². The molecule has 0 aliphatic carbocycles. The summed E-state index contributed by atoms with van der Waals surface area (Å²) in [4.78, 5) is 14.3. The van der Waals surface area contributed by atoms with Crippen molar-refractivity contribution in [2.24, 2.45) is 5.10 Å². The summed E-state index contributed by atoms with van der Waals surface area (Å²) in [5.74, 6) is 1.41. The van der Waals surface area contributed by atoms with Gasteiger partial charge in [-0.3, -0.25) is 15.5 Å². The molecule has 2 aromatic rings. The normalized spacial score (nSPS) is 10.5. The number of hydrazone groups is 1. The zero-order valence-electron chi connectivity index (χ0n) is 13.3. The lowest BCUT2D eigenvalue weighted by Gasteiger charge is -2.13. The van der Waals surface area contributed by atoms with Crippen LogP contribution >= 0.6 is 0 Å². The fourth-order valence-electron chi connectivity index (χ4n) is 2.02.